The van der Waals surface area contributed by atoms with Crippen LogP contribution in [-0.2, 0) is 11.3 Å². The monoisotopic (exact) mass is 265 g/mol. The number of carbonyl (C=O) groups excluding carboxylic acids is 1. The summed E-state index contributed by atoms with van der Waals surface area (Å²) in [4.78, 5) is 12.5. The lowest BCUT2D eigenvalue weighted by molar-refractivity contribution is -0.0113. The number of aromatic nitrogens is 4. The molecule has 1 saturated carbocycles. The van der Waals surface area contributed by atoms with Crippen molar-refractivity contribution >= 4 is 5.91 Å². The second kappa shape index (κ2) is 4.88. The Morgan fingerprint density at radius 3 is 2.89 bits per heavy atom. The fourth-order valence-corrected chi connectivity index (χ4v) is 3.55. The first-order valence-corrected chi connectivity index (χ1v) is 6.85. The SMILES string of the molecule is NC(=O)c1nnn(CC2CCCC23CCOCC3)n1. The summed E-state index contributed by atoms with van der Waals surface area (Å²) >= 11 is 0. The molecule has 104 valence electrons. The number of primary amides is 1. The number of amides is 1. The molecule has 1 unspecified atom stereocenters. The molecule has 2 heterocycles. The van der Waals surface area contributed by atoms with E-state index >= 15 is 0 Å². The normalized spacial score (nSPS) is 25.8. The first kappa shape index (κ1) is 12.5. The summed E-state index contributed by atoms with van der Waals surface area (Å²) in [7, 11) is 0. The maximum atomic E-state index is 11.0. The van der Waals surface area contributed by atoms with Crippen molar-refractivity contribution in [2.75, 3.05) is 13.2 Å². The predicted octanol–water partition coefficient (Wildman–Crippen LogP) is 0.369. The van der Waals surface area contributed by atoms with Gasteiger partial charge in [0.2, 0.25) is 0 Å². The van der Waals surface area contributed by atoms with Crippen molar-refractivity contribution in [1.29, 1.82) is 0 Å². The highest BCUT2D eigenvalue weighted by Gasteiger charge is 2.43. The molecule has 0 radical (unpaired) electrons. The van der Waals surface area contributed by atoms with E-state index in [9.17, 15) is 4.79 Å². The molecule has 1 amide bonds. The Hall–Kier alpha value is -1.50. The molecule has 0 bridgehead atoms. The van der Waals surface area contributed by atoms with E-state index in [2.05, 4.69) is 15.4 Å². The van der Waals surface area contributed by atoms with Gasteiger partial charge in [-0.1, -0.05) is 6.42 Å². The van der Waals surface area contributed by atoms with Crippen molar-refractivity contribution in [3.8, 4) is 0 Å². The average molecular weight is 265 g/mol. The van der Waals surface area contributed by atoms with Gasteiger partial charge in [-0.3, -0.25) is 4.79 Å². The van der Waals surface area contributed by atoms with Crippen LogP contribution in [0.15, 0.2) is 0 Å². The van der Waals surface area contributed by atoms with Gasteiger partial charge in [-0.2, -0.15) is 4.80 Å². The predicted molar refractivity (Wildman–Crippen MR) is 66.2 cm³/mol. The minimum atomic E-state index is -0.626. The van der Waals surface area contributed by atoms with E-state index < -0.39 is 5.91 Å². The molecule has 1 aromatic rings. The molecule has 7 heteroatoms. The Morgan fingerprint density at radius 1 is 1.42 bits per heavy atom. The summed E-state index contributed by atoms with van der Waals surface area (Å²) in [6.45, 7) is 2.43. The van der Waals surface area contributed by atoms with Gasteiger partial charge in [-0.15, -0.1) is 10.2 Å². The third kappa shape index (κ3) is 2.34. The highest BCUT2D eigenvalue weighted by atomic mass is 16.5. The minimum absolute atomic E-state index is 0.000903. The molecule has 0 aromatic carbocycles. The third-order valence-corrected chi connectivity index (χ3v) is 4.64. The lowest BCUT2D eigenvalue weighted by Crippen LogP contribution is -2.35. The molecule has 1 atom stereocenters. The number of rotatable bonds is 3. The standard InChI is InChI=1S/C12H19N5O2/c13-10(18)11-14-16-17(15-11)8-9-2-1-3-12(9)4-6-19-7-5-12/h9H,1-8H2,(H2,13,18). The van der Waals surface area contributed by atoms with Gasteiger partial charge in [0.05, 0.1) is 6.54 Å². The van der Waals surface area contributed by atoms with Gasteiger partial charge in [-0.05, 0) is 42.2 Å². The number of nitrogens with two attached hydrogens (primary N) is 1. The van der Waals surface area contributed by atoms with Gasteiger partial charge in [0.25, 0.3) is 11.7 Å². The fraction of sp³-hybridized carbons (Fsp3) is 0.833. The van der Waals surface area contributed by atoms with Crippen LogP contribution < -0.4 is 5.73 Å². The molecule has 3 rings (SSSR count). The van der Waals surface area contributed by atoms with Crippen molar-refractivity contribution in [2.24, 2.45) is 17.1 Å². The molecular weight excluding hydrogens is 246 g/mol. The van der Waals surface area contributed by atoms with Crippen LogP contribution in [0.25, 0.3) is 0 Å². The molecule has 2 fully saturated rings. The summed E-state index contributed by atoms with van der Waals surface area (Å²) < 4.78 is 5.48. The van der Waals surface area contributed by atoms with E-state index in [0.717, 1.165) is 32.6 Å². The van der Waals surface area contributed by atoms with Crippen LogP contribution in [0.1, 0.15) is 42.7 Å². The second-order valence-electron chi connectivity index (χ2n) is 5.60. The van der Waals surface area contributed by atoms with E-state index in [1.54, 1.807) is 0 Å². The van der Waals surface area contributed by atoms with Crippen LogP contribution in [0.5, 0.6) is 0 Å². The molecule has 19 heavy (non-hydrogen) atoms. The molecule has 1 aliphatic heterocycles. The van der Waals surface area contributed by atoms with Crippen molar-refractivity contribution < 1.29 is 9.53 Å². The first-order chi connectivity index (χ1) is 9.20. The molecule has 2 N–H and O–H groups in total. The summed E-state index contributed by atoms with van der Waals surface area (Å²) in [5, 5.41) is 11.6. The summed E-state index contributed by atoms with van der Waals surface area (Å²) in [5.41, 5.74) is 5.51. The van der Waals surface area contributed by atoms with Crippen molar-refractivity contribution in [1.82, 2.24) is 20.2 Å². The number of tetrazole rings is 1. The average Bonchev–Trinajstić information content (AvgIpc) is 3.00. The third-order valence-electron chi connectivity index (χ3n) is 4.64. The molecule has 2 aliphatic rings. The van der Waals surface area contributed by atoms with Gasteiger partial charge in [0, 0.05) is 13.2 Å². The van der Waals surface area contributed by atoms with E-state index in [-0.39, 0.29) is 5.82 Å². The Labute approximate surface area is 111 Å². The maximum absolute atomic E-state index is 11.0. The minimum Gasteiger partial charge on any atom is -0.381 e. The zero-order valence-electron chi connectivity index (χ0n) is 10.9. The lowest BCUT2D eigenvalue weighted by atomic mass is 9.72. The van der Waals surface area contributed by atoms with Gasteiger partial charge in [0.15, 0.2) is 0 Å². The van der Waals surface area contributed by atoms with Crippen molar-refractivity contribution in [2.45, 2.75) is 38.6 Å². The highest BCUT2D eigenvalue weighted by Crippen LogP contribution is 2.50. The smallest absolute Gasteiger partial charge is 0.290 e. The summed E-state index contributed by atoms with van der Waals surface area (Å²) in [5.74, 6) is -0.0798. The molecule has 7 nitrogen and oxygen atoms in total. The van der Waals surface area contributed by atoms with Crippen LogP contribution in [0.2, 0.25) is 0 Å². The number of hydrogen-bond donors (Lipinski definition) is 1. The zero-order valence-corrected chi connectivity index (χ0v) is 10.9. The Balaban J connectivity index is 1.72. The molecule has 1 aliphatic carbocycles. The molecule has 1 aromatic heterocycles. The maximum Gasteiger partial charge on any atom is 0.290 e. The second-order valence-corrected chi connectivity index (χ2v) is 5.60. The van der Waals surface area contributed by atoms with E-state index in [1.165, 1.54) is 24.1 Å². The van der Waals surface area contributed by atoms with Crippen LogP contribution in [0.3, 0.4) is 0 Å². The van der Waals surface area contributed by atoms with Gasteiger partial charge in [-0.25, -0.2) is 0 Å². The van der Waals surface area contributed by atoms with Gasteiger partial charge in [0.1, 0.15) is 0 Å². The van der Waals surface area contributed by atoms with Crippen LogP contribution in [-0.4, -0.2) is 39.3 Å². The zero-order chi connectivity index (χ0) is 13.3. The highest BCUT2D eigenvalue weighted by molar-refractivity contribution is 5.88. The number of hydrogen-bond acceptors (Lipinski definition) is 5. The molecular formula is C12H19N5O2. The van der Waals surface area contributed by atoms with E-state index in [0.29, 0.717) is 11.3 Å². The van der Waals surface area contributed by atoms with Crippen LogP contribution >= 0.6 is 0 Å². The lowest BCUT2D eigenvalue weighted by Gasteiger charge is -2.38. The van der Waals surface area contributed by atoms with Gasteiger partial charge < -0.3 is 10.5 Å². The van der Waals surface area contributed by atoms with E-state index in [1.807, 2.05) is 0 Å². The Bertz CT molecular complexity index is 466. The van der Waals surface area contributed by atoms with E-state index in [4.69, 9.17) is 10.5 Å². The summed E-state index contributed by atoms with van der Waals surface area (Å²) in [6, 6.07) is 0. The van der Waals surface area contributed by atoms with Crippen LogP contribution in [0, 0.1) is 11.3 Å². The number of nitrogens with zero attached hydrogens (tertiary/aromatic N) is 4. The largest absolute Gasteiger partial charge is 0.381 e. The fourth-order valence-electron chi connectivity index (χ4n) is 3.55. The summed E-state index contributed by atoms with van der Waals surface area (Å²) in [6.07, 6.45) is 5.94. The number of ether oxygens (including phenoxy) is 1. The van der Waals surface area contributed by atoms with Crippen molar-refractivity contribution in [3.05, 3.63) is 5.82 Å². The number of carbonyl (C=O) groups is 1. The Kier molecular flexibility index (Phi) is 3.22. The Morgan fingerprint density at radius 2 is 2.21 bits per heavy atom. The van der Waals surface area contributed by atoms with Crippen molar-refractivity contribution in [3.63, 3.8) is 0 Å². The first-order valence-electron chi connectivity index (χ1n) is 6.85. The van der Waals surface area contributed by atoms with Gasteiger partial charge >= 0.3 is 0 Å². The topological polar surface area (TPSA) is 95.9 Å². The van der Waals surface area contributed by atoms with Crippen LogP contribution in [0.4, 0.5) is 0 Å². The molecule has 1 spiro atoms. The quantitative estimate of drug-likeness (QED) is 0.851. The molecule has 1 saturated heterocycles.